The van der Waals surface area contributed by atoms with Crippen LogP contribution in [0, 0.1) is 17.6 Å². The number of halogens is 2. The zero-order valence-electron chi connectivity index (χ0n) is 11.2. The average molecular weight is 268 g/mol. The average Bonchev–Trinajstić information content (AvgIpc) is 2.90. The van der Waals surface area contributed by atoms with Gasteiger partial charge < -0.3 is 0 Å². The van der Waals surface area contributed by atoms with Crippen molar-refractivity contribution in [3.05, 3.63) is 35.4 Å². The number of nitrogens with two attached hydrogens (primary N) is 1. The summed E-state index contributed by atoms with van der Waals surface area (Å²) in [5, 5.41) is 0. The molecule has 1 aliphatic rings. The van der Waals surface area contributed by atoms with Crippen LogP contribution in [0.3, 0.4) is 0 Å². The summed E-state index contributed by atoms with van der Waals surface area (Å²) >= 11 is 0. The van der Waals surface area contributed by atoms with Gasteiger partial charge in [-0.2, -0.15) is 0 Å². The summed E-state index contributed by atoms with van der Waals surface area (Å²) in [6, 6.07) is 3.79. The normalized spacial score (nSPS) is 17.8. The van der Waals surface area contributed by atoms with Crippen molar-refractivity contribution in [2.45, 2.75) is 51.0 Å². The molecular formula is C15H22F2N2. The number of nitrogens with one attached hydrogen (secondary N) is 1. The third-order valence-corrected chi connectivity index (χ3v) is 4.12. The molecule has 1 saturated carbocycles. The minimum atomic E-state index is -0.538. The number of hydrazine groups is 1. The SMILES string of the molecule is NNC(CCC1CCCC1)Cc1ccc(F)cc1F. The Hall–Kier alpha value is -1.00. The third-order valence-electron chi connectivity index (χ3n) is 4.12. The van der Waals surface area contributed by atoms with E-state index in [1.54, 1.807) is 0 Å². The summed E-state index contributed by atoms with van der Waals surface area (Å²) in [7, 11) is 0. The van der Waals surface area contributed by atoms with Crippen LogP contribution in [0.4, 0.5) is 8.78 Å². The third kappa shape index (κ3) is 4.25. The summed E-state index contributed by atoms with van der Waals surface area (Å²) in [4.78, 5) is 0. The standard InChI is InChI=1S/C15H22F2N2/c16-13-7-6-12(15(17)10-13)9-14(19-18)8-5-11-3-1-2-4-11/h6-7,10-11,14,19H,1-5,8-9,18H2. The van der Waals surface area contributed by atoms with Gasteiger partial charge in [0.15, 0.2) is 0 Å². The summed E-state index contributed by atoms with van der Waals surface area (Å²) in [5.74, 6) is 5.32. The first kappa shape index (κ1) is 14.4. The van der Waals surface area contributed by atoms with Crippen LogP contribution in [-0.2, 0) is 6.42 Å². The second-order valence-electron chi connectivity index (χ2n) is 5.53. The van der Waals surface area contributed by atoms with Gasteiger partial charge in [0, 0.05) is 12.1 Å². The molecule has 0 spiro atoms. The lowest BCUT2D eigenvalue weighted by molar-refractivity contribution is 0.403. The summed E-state index contributed by atoms with van der Waals surface area (Å²) in [6.45, 7) is 0. The van der Waals surface area contributed by atoms with Gasteiger partial charge in [0.2, 0.25) is 0 Å². The van der Waals surface area contributed by atoms with Crippen LogP contribution < -0.4 is 11.3 Å². The van der Waals surface area contributed by atoms with Crippen molar-refractivity contribution in [3.8, 4) is 0 Å². The predicted octanol–water partition coefficient (Wildman–Crippen LogP) is 3.31. The molecule has 19 heavy (non-hydrogen) atoms. The number of benzene rings is 1. The van der Waals surface area contributed by atoms with Crippen LogP contribution in [0.2, 0.25) is 0 Å². The molecule has 0 aromatic heterocycles. The largest absolute Gasteiger partial charge is 0.271 e. The second kappa shape index (κ2) is 6.96. The number of rotatable bonds is 6. The van der Waals surface area contributed by atoms with E-state index in [0.29, 0.717) is 12.0 Å². The summed E-state index contributed by atoms with van der Waals surface area (Å²) in [6.07, 6.45) is 7.87. The van der Waals surface area contributed by atoms with E-state index in [2.05, 4.69) is 5.43 Å². The van der Waals surface area contributed by atoms with Gasteiger partial charge in [0.05, 0.1) is 0 Å². The highest BCUT2D eigenvalue weighted by molar-refractivity contribution is 5.19. The zero-order valence-corrected chi connectivity index (χ0v) is 11.2. The van der Waals surface area contributed by atoms with Gasteiger partial charge in [0.1, 0.15) is 11.6 Å². The Morgan fingerprint density at radius 2 is 2.00 bits per heavy atom. The Kier molecular flexibility index (Phi) is 5.28. The van der Waals surface area contributed by atoms with Gasteiger partial charge >= 0.3 is 0 Å². The molecule has 1 fully saturated rings. The number of hydrogen-bond donors (Lipinski definition) is 2. The molecule has 1 aromatic rings. The molecule has 0 saturated heterocycles. The van der Waals surface area contributed by atoms with Crippen LogP contribution in [0.5, 0.6) is 0 Å². The molecule has 1 unspecified atom stereocenters. The zero-order chi connectivity index (χ0) is 13.7. The Morgan fingerprint density at radius 3 is 2.63 bits per heavy atom. The molecule has 0 radical (unpaired) electrons. The first-order valence-corrected chi connectivity index (χ1v) is 7.09. The Bertz CT molecular complexity index is 403. The van der Waals surface area contributed by atoms with Crippen molar-refractivity contribution in [2.75, 3.05) is 0 Å². The van der Waals surface area contributed by atoms with E-state index in [-0.39, 0.29) is 6.04 Å². The van der Waals surface area contributed by atoms with Crippen molar-refractivity contribution in [1.82, 2.24) is 5.43 Å². The van der Waals surface area contributed by atoms with Crippen LogP contribution >= 0.6 is 0 Å². The van der Waals surface area contributed by atoms with Crippen LogP contribution in [0.1, 0.15) is 44.1 Å². The molecule has 0 bridgehead atoms. The molecule has 3 N–H and O–H groups in total. The van der Waals surface area contributed by atoms with E-state index in [1.807, 2.05) is 0 Å². The topological polar surface area (TPSA) is 38.0 Å². The Labute approximate surface area is 113 Å². The molecule has 106 valence electrons. The number of hydrogen-bond acceptors (Lipinski definition) is 2. The second-order valence-corrected chi connectivity index (χ2v) is 5.53. The van der Waals surface area contributed by atoms with E-state index in [4.69, 9.17) is 5.84 Å². The molecule has 1 aliphatic carbocycles. The van der Waals surface area contributed by atoms with Crippen molar-refractivity contribution >= 4 is 0 Å². The quantitative estimate of drug-likeness (QED) is 0.613. The summed E-state index contributed by atoms with van der Waals surface area (Å²) < 4.78 is 26.4. The van der Waals surface area contributed by atoms with E-state index < -0.39 is 11.6 Å². The van der Waals surface area contributed by atoms with Crippen molar-refractivity contribution in [2.24, 2.45) is 11.8 Å². The molecule has 4 heteroatoms. The fourth-order valence-electron chi connectivity index (χ4n) is 2.93. The molecule has 0 heterocycles. The van der Waals surface area contributed by atoms with Gasteiger partial charge in [-0.3, -0.25) is 11.3 Å². The van der Waals surface area contributed by atoms with Crippen molar-refractivity contribution in [3.63, 3.8) is 0 Å². The van der Waals surface area contributed by atoms with E-state index in [0.717, 1.165) is 24.8 Å². The molecular weight excluding hydrogens is 246 g/mol. The fraction of sp³-hybridized carbons (Fsp3) is 0.600. The smallest absolute Gasteiger partial charge is 0.129 e. The monoisotopic (exact) mass is 268 g/mol. The predicted molar refractivity (Wildman–Crippen MR) is 72.4 cm³/mol. The lowest BCUT2D eigenvalue weighted by atomic mass is 9.95. The maximum atomic E-state index is 13.6. The lowest BCUT2D eigenvalue weighted by Crippen LogP contribution is -2.37. The molecule has 2 nitrogen and oxygen atoms in total. The molecule has 0 amide bonds. The summed E-state index contributed by atoms with van der Waals surface area (Å²) in [5.41, 5.74) is 3.28. The highest BCUT2D eigenvalue weighted by Gasteiger charge is 2.18. The highest BCUT2D eigenvalue weighted by atomic mass is 19.1. The Balaban J connectivity index is 1.86. The lowest BCUT2D eigenvalue weighted by Gasteiger charge is -2.18. The molecule has 1 atom stereocenters. The van der Waals surface area contributed by atoms with Gasteiger partial charge in [0.25, 0.3) is 0 Å². The molecule has 1 aromatic carbocycles. The van der Waals surface area contributed by atoms with Gasteiger partial charge in [-0.15, -0.1) is 0 Å². The van der Waals surface area contributed by atoms with E-state index in [1.165, 1.54) is 37.8 Å². The van der Waals surface area contributed by atoms with Gasteiger partial charge in [-0.05, 0) is 36.8 Å². The van der Waals surface area contributed by atoms with Crippen LogP contribution in [-0.4, -0.2) is 6.04 Å². The first-order chi connectivity index (χ1) is 9.19. The minimum absolute atomic E-state index is 0.0561. The highest BCUT2D eigenvalue weighted by Crippen LogP contribution is 2.29. The van der Waals surface area contributed by atoms with Crippen molar-refractivity contribution in [1.29, 1.82) is 0 Å². The van der Waals surface area contributed by atoms with E-state index in [9.17, 15) is 8.78 Å². The van der Waals surface area contributed by atoms with Gasteiger partial charge in [-0.25, -0.2) is 8.78 Å². The Morgan fingerprint density at radius 1 is 1.26 bits per heavy atom. The first-order valence-electron chi connectivity index (χ1n) is 7.09. The minimum Gasteiger partial charge on any atom is -0.271 e. The van der Waals surface area contributed by atoms with Crippen LogP contribution in [0.25, 0.3) is 0 Å². The maximum Gasteiger partial charge on any atom is 0.129 e. The molecule has 0 aliphatic heterocycles. The fourth-order valence-corrected chi connectivity index (χ4v) is 2.93. The maximum absolute atomic E-state index is 13.6. The van der Waals surface area contributed by atoms with E-state index >= 15 is 0 Å². The molecule has 2 rings (SSSR count). The van der Waals surface area contributed by atoms with Crippen LogP contribution in [0.15, 0.2) is 18.2 Å². The van der Waals surface area contributed by atoms with Gasteiger partial charge in [-0.1, -0.05) is 31.7 Å². The van der Waals surface area contributed by atoms with Crippen molar-refractivity contribution < 1.29 is 8.78 Å².